The first-order chi connectivity index (χ1) is 12.1. The summed E-state index contributed by atoms with van der Waals surface area (Å²) in [6.07, 6.45) is 4.06. The Morgan fingerprint density at radius 3 is 3.04 bits per heavy atom. The van der Waals surface area contributed by atoms with Crippen LogP contribution in [0.3, 0.4) is 0 Å². The number of rotatable bonds is 3. The molecule has 10 heteroatoms. The minimum absolute atomic E-state index is 0. The zero-order chi connectivity index (χ0) is 17.4. The maximum absolute atomic E-state index is 12.8. The van der Waals surface area contributed by atoms with Crippen LogP contribution in [-0.2, 0) is 24.8 Å². The molecule has 1 atom stereocenters. The first-order valence-electron chi connectivity index (χ1n) is 8.52. The third-order valence-corrected chi connectivity index (χ3v) is 4.74. The molecular formula is C16H22ClN7O2. The van der Waals surface area contributed by atoms with E-state index in [1.807, 2.05) is 7.05 Å². The number of aromatic nitrogens is 4. The topological polar surface area (TPSA) is 108 Å². The second kappa shape index (κ2) is 7.46. The molecule has 140 valence electrons. The molecular weight excluding hydrogens is 358 g/mol. The molecule has 1 saturated heterocycles. The number of hydrogen-bond acceptors (Lipinski definition) is 5. The van der Waals surface area contributed by atoms with Gasteiger partial charge in [0.05, 0.1) is 0 Å². The van der Waals surface area contributed by atoms with E-state index in [0.717, 1.165) is 30.6 Å². The van der Waals surface area contributed by atoms with Crippen molar-refractivity contribution >= 4 is 30.0 Å². The van der Waals surface area contributed by atoms with Gasteiger partial charge in [-0.15, -0.1) is 12.4 Å². The monoisotopic (exact) mass is 379 g/mol. The van der Waals surface area contributed by atoms with Gasteiger partial charge in [0.1, 0.15) is 6.04 Å². The normalized spacial score (nSPS) is 19.7. The first-order valence-corrected chi connectivity index (χ1v) is 8.52. The van der Waals surface area contributed by atoms with Crippen LogP contribution < -0.4 is 15.5 Å². The highest BCUT2D eigenvalue weighted by Crippen LogP contribution is 2.20. The Bertz CT molecular complexity index is 815. The fraction of sp³-hybridized carbons (Fsp3) is 0.500. The van der Waals surface area contributed by atoms with Crippen molar-refractivity contribution in [3.63, 3.8) is 0 Å². The molecule has 2 aromatic heterocycles. The van der Waals surface area contributed by atoms with Crippen LogP contribution in [0.25, 0.3) is 0 Å². The molecule has 2 aliphatic heterocycles. The molecule has 0 bridgehead atoms. The van der Waals surface area contributed by atoms with Crippen LogP contribution in [0.2, 0.25) is 0 Å². The number of fused-ring (bicyclic) bond motifs is 1. The molecule has 3 N–H and O–H groups in total. The van der Waals surface area contributed by atoms with Gasteiger partial charge in [-0.25, -0.2) is 0 Å². The predicted octanol–water partition coefficient (Wildman–Crippen LogP) is 0.136. The summed E-state index contributed by atoms with van der Waals surface area (Å²) in [6.45, 7) is 2.10. The number of nitrogens with one attached hydrogen (secondary N) is 3. The Balaban J connectivity index is 0.00000196. The van der Waals surface area contributed by atoms with Crippen molar-refractivity contribution in [3.8, 4) is 0 Å². The lowest BCUT2D eigenvalue weighted by Crippen LogP contribution is -2.52. The van der Waals surface area contributed by atoms with Crippen LogP contribution in [-0.4, -0.2) is 50.9 Å². The lowest BCUT2D eigenvalue weighted by Gasteiger charge is -2.31. The summed E-state index contributed by atoms with van der Waals surface area (Å²) in [5, 5.41) is 17.5. The zero-order valence-electron chi connectivity index (χ0n) is 14.5. The second-order valence-electron chi connectivity index (χ2n) is 6.46. The molecule has 2 amide bonds. The van der Waals surface area contributed by atoms with Crippen molar-refractivity contribution in [2.75, 3.05) is 18.0 Å². The number of halogens is 1. The summed E-state index contributed by atoms with van der Waals surface area (Å²) < 4.78 is 1.66. The third-order valence-electron chi connectivity index (χ3n) is 4.74. The highest BCUT2D eigenvalue weighted by Gasteiger charge is 2.33. The lowest BCUT2D eigenvalue weighted by molar-refractivity contribution is -0.121. The number of aromatic amines is 1. The van der Waals surface area contributed by atoms with Gasteiger partial charge >= 0.3 is 0 Å². The molecule has 0 aliphatic carbocycles. The average molecular weight is 380 g/mol. The van der Waals surface area contributed by atoms with Crippen LogP contribution in [0, 0.1) is 0 Å². The SMILES string of the molecule is Cl.Cn1ccc(N2CCCC(NC(=O)c3n[nH]c4c3CNCC4)C2=O)n1. The van der Waals surface area contributed by atoms with Crippen LogP contribution in [0.15, 0.2) is 12.3 Å². The fourth-order valence-electron chi connectivity index (χ4n) is 3.42. The van der Waals surface area contributed by atoms with Crippen LogP contribution in [0.4, 0.5) is 5.82 Å². The van der Waals surface area contributed by atoms with Gasteiger partial charge in [-0.1, -0.05) is 0 Å². The zero-order valence-corrected chi connectivity index (χ0v) is 15.3. The Morgan fingerprint density at radius 2 is 2.27 bits per heavy atom. The Morgan fingerprint density at radius 1 is 1.42 bits per heavy atom. The molecule has 0 saturated carbocycles. The number of amides is 2. The second-order valence-corrected chi connectivity index (χ2v) is 6.46. The van der Waals surface area contributed by atoms with Gasteiger partial charge in [-0.05, 0) is 12.8 Å². The van der Waals surface area contributed by atoms with Gasteiger partial charge in [0.2, 0.25) is 0 Å². The molecule has 2 aliphatic rings. The van der Waals surface area contributed by atoms with Gasteiger partial charge in [0.25, 0.3) is 11.8 Å². The summed E-state index contributed by atoms with van der Waals surface area (Å²) in [5.74, 6) is 0.191. The van der Waals surface area contributed by atoms with Crippen LogP contribution in [0.1, 0.15) is 34.6 Å². The minimum Gasteiger partial charge on any atom is -0.339 e. The number of carbonyl (C=O) groups is 2. The molecule has 4 rings (SSSR count). The number of piperidine rings is 1. The van der Waals surface area contributed by atoms with Crippen LogP contribution in [0.5, 0.6) is 0 Å². The summed E-state index contributed by atoms with van der Waals surface area (Å²) >= 11 is 0. The van der Waals surface area contributed by atoms with Crippen molar-refractivity contribution in [1.82, 2.24) is 30.6 Å². The van der Waals surface area contributed by atoms with E-state index in [0.29, 0.717) is 31.0 Å². The highest BCUT2D eigenvalue weighted by atomic mass is 35.5. The maximum Gasteiger partial charge on any atom is 0.272 e. The van der Waals surface area contributed by atoms with E-state index in [9.17, 15) is 9.59 Å². The molecule has 4 heterocycles. The minimum atomic E-state index is -0.549. The number of anilines is 1. The smallest absolute Gasteiger partial charge is 0.272 e. The van der Waals surface area contributed by atoms with E-state index in [-0.39, 0.29) is 24.2 Å². The number of carbonyl (C=O) groups excluding carboxylic acids is 2. The molecule has 2 aromatic rings. The summed E-state index contributed by atoms with van der Waals surface area (Å²) in [6, 6.07) is 1.25. The molecule has 0 aromatic carbocycles. The summed E-state index contributed by atoms with van der Waals surface area (Å²) in [7, 11) is 1.81. The van der Waals surface area contributed by atoms with E-state index in [1.54, 1.807) is 21.8 Å². The first kappa shape index (κ1) is 18.4. The van der Waals surface area contributed by atoms with Crippen molar-refractivity contribution in [1.29, 1.82) is 0 Å². The van der Waals surface area contributed by atoms with Gasteiger partial charge in [-0.3, -0.25) is 24.3 Å². The lowest BCUT2D eigenvalue weighted by atomic mass is 10.0. The van der Waals surface area contributed by atoms with E-state index >= 15 is 0 Å². The van der Waals surface area contributed by atoms with Crippen molar-refractivity contribution in [2.45, 2.75) is 31.8 Å². The van der Waals surface area contributed by atoms with Crippen molar-refractivity contribution in [2.24, 2.45) is 7.05 Å². The molecule has 1 fully saturated rings. The number of H-pyrrole nitrogens is 1. The van der Waals surface area contributed by atoms with Gasteiger partial charge in [0.15, 0.2) is 11.5 Å². The Kier molecular flexibility index (Phi) is 5.28. The molecule has 9 nitrogen and oxygen atoms in total. The standard InChI is InChI=1S/C16H21N7O2.ClH/c1-22-8-5-13(21-22)23-7-2-3-12(16(23)25)18-15(24)14-10-9-17-6-4-11(10)19-20-14;/h5,8,12,17H,2-4,6-7,9H2,1H3,(H,18,24)(H,19,20);1H. The highest BCUT2D eigenvalue weighted by molar-refractivity contribution is 6.02. The van der Waals surface area contributed by atoms with E-state index in [2.05, 4.69) is 25.9 Å². The molecule has 0 radical (unpaired) electrons. The number of nitrogens with zero attached hydrogens (tertiary/aromatic N) is 4. The number of aryl methyl sites for hydroxylation is 1. The maximum atomic E-state index is 12.8. The van der Waals surface area contributed by atoms with Crippen molar-refractivity contribution < 1.29 is 9.59 Å². The van der Waals surface area contributed by atoms with E-state index in [1.165, 1.54) is 0 Å². The van der Waals surface area contributed by atoms with Gasteiger partial charge in [-0.2, -0.15) is 10.2 Å². The Labute approximate surface area is 156 Å². The average Bonchev–Trinajstić information content (AvgIpc) is 3.23. The van der Waals surface area contributed by atoms with Crippen LogP contribution >= 0.6 is 12.4 Å². The fourth-order valence-corrected chi connectivity index (χ4v) is 3.42. The molecule has 0 spiro atoms. The van der Waals surface area contributed by atoms with Crippen molar-refractivity contribution in [3.05, 3.63) is 29.2 Å². The molecule has 26 heavy (non-hydrogen) atoms. The largest absolute Gasteiger partial charge is 0.339 e. The third kappa shape index (κ3) is 3.32. The van der Waals surface area contributed by atoms with E-state index < -0.39 is 6.04 Å². The number of hydrogen-bond donors (Lipinski definition) is 3. The predicted molar refractivity (Wildman–Crippen MR) is 97.3 cm³/mol. The summed E-state index contributed by atoms with van der Waals surface area (Å²) in [5.41, 5.74) is 2.27. The van der Waals surface area contributed by atoms with Gasteiger partial charge < -0.3 is 10.6 Å². The Hall–Kier alpha value is -2.39. The van der Waals surface area contributed by atoms with Gasteiger partial charge in [0, 0.05) is 56.6 Å². The quantitative estimate of drug-likeness (QED) is 0.702. The van der Waals surface area contributed by atoms with E-state index in [4.69, 9.17) is 0 Å². The summed E-state index contributed by atoms with van der Waals surface area (Å²) in [4.78, 5) is 27.0. The molecule has 1 unspecified atom stereocenters.